The molecule has 0 radical (unpaired) electrons. The van der Waals surface area contributed by atoms with Gasteiger partial charge in [0.15, 0.2) is 5.78 Å². The van der Waals surface area contributed by atoms with Crippen molar-refractivity contribution in [2.75, 3.05) is 7.11 Å². The van der Waals surface area contributed by atoms with Crippen LogP contribution in [0.4, 0.5) is 4.39 Å². The molecule has 0 N–H and O–H groups in total. The van der Waals surface area contributed by atoms with Crippen molar-refractivity contribution >= 4 is 11.8 Å². The van der Waals surface area contributed by atoms with E-state index in [1.54, 1.807) is 0 Å². The van der Waals surface area contributed by atoms with Gasteiger partial charge < -0.3 is 4.74 Å². The molecule has 0 spiro atoms. The molecule has 7 heteroatoms. The fourth-order valence-electron chi connectivity index (χ4n) is 1.62. The molecule has 0 saturated carbocycles. The van der Waals surface area contributed by atoms with E-state index >= 15 is 0 Å². The fourth-order valence-corrected chi connectivity index (χ4v) is 1.62. The van der Waals surface area contributed by atoms with Gasteiger partial charge in [0.25, 0.3) is 5.82 Å². The van der Waals surface area contributed by atoms with Crippen LogP contribution in [0.1, 0.15) is 27.9 Å². The number of hydrogen-bond acceptors (Lipinski definition) is 5. The number of hydrogen-bond donors (Lipinski definition) is 0. The summed E-state index contributed by atoms with van der Waals surface area (Å²) >= 11 is 0. The molecule has 19 heavy (non-hydrogen) atoms. The molecule has 2 rings (SSSR count). The minimum Gasteiger partial charge on any atom is -0.463 e. The summed E-state index contributed by atoms with van der Waals surface area (Å²) in [6.45, 7) is 1.25. The highest BCUT2D eigenvalue weighted by atomic mass is 19.1. The molecule has 0 aliphatic heterocycles. The second-order valence-electron chi connectivity index (χ2n) is 3.69. The molecule has 6 nitrogen and oxygen atoms in total. The van der Waals surface area contributed by atoms with Crippen LogP contribution in [-0.4, -0.2) is 33.6 Å². The topological polar surface area (TPSA) is 74.1 Å². The summed E-state index contributed by atoms with van der Waals surface area (Å²) in [5.74, 6) is -1.97. The summed E-state index contributed by atoms with van der Waals surface area (Å²) in [4.78, 5) is 26.4. The number of Topliss-reactive ketones (excluding diaryl/α,β-unsaturated/α-hetero) is 1. The van der Waals surface area contributed by atoms with Crippen LogP contribution in [0.15, 0.2) is 24.5 Å². The van der Waals surface area contributed by atoms with Crippen LogP contribution in [0.3, 0.4) is 0 Å². The lowest BCUT2D eigenvalue weighted by molar-refractivity contribution is 0.0587. The number of benzene rings is 1. The second-order valence-corrected chi connectivity index (χ2v) is 3.69. The number of aromatic nitrogens is 3. The average molecular weight is 263 g/mol. The number of halogens is 1. The van der Waals surface area contributed by atoms with Gasteiger partial charge in [0, 0.05) is 0 Å². The van der Waals surface area contributed by atoms with Gasteiger partial charge in [-0.2, -0.15) is 0 Å². The van der Waals surface area contributed by atoms with Crippen molar-refractivity contribution in [2.24, 2.45) is 0 Å². The first kappa shape index (κ1) is 12.9. The van der Waals surface area contributed by atoms with Crippen LogP contribution in [0.5, 0.6) is 0 Å². The molecule has 98 valence electrons. The van der Waals surface area contributed by atoms with Crippen molar-refractivity contribution in [3.05, 3.63) is 41.7 Å². The van der Waals surface area contributed by atoms with Gasteiger partial charge in [-0.1, -0.05) is 6.07 Å². The molecule has 0 aliphatic rings. The molecule has 1 aromatic carbocycles. The summed E-state index contributed by atoms with van der Waals surface area (Å²) in [6.07, 6.45) is 1.22. The molecule has 1 aromatic heterocycles. The third-order valence-corrected chi connectivity index (χ3v) is 2.45. The Labute approximate surface area is 107 Å². The second kappa shape index (κ2) is 4.97. The van der Waals surface area contributed by atoms with Gasteiger partial charge in [0.1, 0.15) is 12.1 Å². The highest BCUT2D eigenvalue weighted by Crippen LogP contribution is 2.18. The Bertz CT molecular complexity index is 651. The monoisotopic (exact) mass is 263 g/mol. The van der Waals surface area contributed by atoms with Gasteiger partial charge in [0.2, 0.25) is 0 Å². The molecular formula is C12H10FN3O3. The van der Waals surface area contributed by atoms with Crippen molar-refractivity contribution in [3.8, 4) is 5.69 Å². The molecule has 0 atom stereocenters. The Kier molecular flexibility index (Phi) is 3.37. The van der Waals surface area contributed by atoms with Gasteiger partial charge in [0.05, 0.1) is 18.4 Å². The molecule has 0 unspecified atom stereocenters. The molecule has 0 amide bonds. The van der Waals surface area contributed by atoms with Crippen molar-refractivity contribution in [1.82, 2.24) is 14.8 Å². The van der Waals surface area contributed by atoms with Crippen LogP contribution in [-0.2, 0) is 4.74 Å². The van der Waals surface area contributed by atoms with E-state index in [4.69, 9.17) is 0 Å². The zero-order valence-electron chi connectivity index (χ0n) is 10.3. The first-order valence-electron chi connectivity index (χ1n) is 5.34. The van der Waals surface area contributed by atoms with E-state index in [1.165, 1.54) is 38.6 Å². The maximum atomic E-state index is 13.6. The van der Waals surface area contributed by atoms with Gasteiger partial charge in [-0.25, -0.2) is 18.9 Å². The number of carbonyl (C=O) groups excluding carboxylic acids is 2. The van der Waals surface area contributed by atoms with E-state index in [2.05, 4.69) is 14.8 Å². The van der Waals surface area contributed by atoms with E-state index in [-0.39, 0.29) is 17.1 Å². The summed E-state index contributed by atoms with van der Waals surface area (Å²) in [5, 5.41) is 3.85. The third-order valence-electron chi connectivity index (χ3n) is 2.45. The summed E-state index contributed by atoms with van der Waals surface area (Å²) in [7, 11) is 1.20. The molecule has 0 fully saturated rings. The van der Waals surface area contributed by atoms with E-state index in [9.17, 15) is 14.0 Å². The minimum atomic E-state index is -0.709. The standard InChI is InChI=1S/C12H10FN3O3/c1-7(17)10-8(13)4-3-5-9(10)16-6-14-11(15-16)12(18)19-2/h3-6H,1-2H3. The van der Waals surface area contributed by atoms with E-state index in [0.29, 0.717) is 0 Å². The Balaban J connectivity index is 2.53. The molecule has 1 heterocycles. The smallest absolute Gasteiger partial charge is 0.377 e. The number of carbonyl (C=O) groups is 2. The van der Waals surface area contributed by atoms with E-state index in [1.807, 2.05) is 0 Å². The first-order valence-corrected chi connectivity index (χ1v) is 5.34. The van der Waals surface area contributed by atoms with Crippen molar-refractivity contribution < 1.29 is 18.7 Å². The van der Waals surface area contributed by atoms with Crippen LogP contribution in [0.25, 0.3) is 5.69 Å². The molecule has 0 saturated heterocycles. The van der Waals surface area contributed by atoms with Gasteiger partial charge in [-0.3, -0.25) is 4.79 Å². The van der Waals surface area contributed by atoms with Gasteiger partial charge in [-0.15, -0.1) is 5.10 Å². The Morgan fingerprint density at radius 1 is 1.37 bits per heavy atom. The lowest BCUT2D eigenvalue weighted by atomic mass is 10.1. The lowest BCUT2D eigenvalue weighted by Crippen LogP contribution is -2.09. The quantitative estimate of drug-likeness (QED) is 0.618. The zero-order valence-corrected chi connectivity index (χ0v) is 10.3. The predicted molar refractivity (Wildman–Crippen MR) is 62.7 cm³/mol. The Morgan fingerprint density at radius 3 is 2.74 bits per heavy atom. The average Bonchev–Trinajstić information content (AvgIpc) is 2.86. The largest absolute Gasteiger partial charge is 0.463 e. The van der Waals surface area contributed by atoms with Crippen molar-refractivity contribution in [2.45, 2.75) is 6.92 Å². The van der Waals surface area contributed by atoms with E-state index in [0.717, 1.165) is 4.68 Å². The number of rotatable bonds is 3. The van der Waals surface area contributed by atoms with Crippen LogP contribution < -0.4 is 0 Å². The number of esters is 1. The Morgan fingerprint density at radius 2 is 2.11 bits per heavy atom. The lowest BCUT2D eigenvalue weighted by Gasteiger charge is -2.06. The first-order chi connectivity index (χ1) is 9.04. The number of nitrogens with zero attached hydrogens (tertiary/aromatic N) is 3. The van der Waals surface area contributed by atoms with Crippen LogP contribution in [0.2, 0.25) is 0 Å². The highest BCUT2D eigenvalue weighted by molar-refractivity contribution is 5.98. The fraction of sp³-hybridized carbons (Fsp3) is 0.167. The van der Waals surface area contributed by atoms with Gasteiger partial charge >= 0.3 is 5.97 Å². The maximum Gasteiger partial charge on any atom is 0.377 e. The molecular weight excluding hydrogens is 253 g/mol. The maximum absolute atomic E-state index is 13.6. The molecule has 0 bridgehead atoms. The van der Waals surface area contributed by atoms with Crippen LogP contribution in [0, 0.1) is 5.82 Å². The number of ketones is 1. The summed E-state index contributed by atoms with van der Waals surface area (Å²) in [6, 6.07) is 4.13. The molecule has 0 aliphatic carbocycles. The number of ether oxygens (including phenoxy) is 1. The highest BCUT2D eigenvalue weighted by Gasteiger charge is 2.17. The third kappa shape index (κ3) is 2.35. The summed E-state index contributed by atoms with van der Waals surface area (Å²) < 4.78 is 19.3. The van der Waals surface area contributed by atoms with Crippen LogP contribution >= 0.6 is 0 Å². The number of methoxy groups -OCH3 is 1. The summed E-state index contributed by atoms with van der Waals surface area (Å²) in [5.41, 5.74) is 0.110. The van der Waals surface area contributed by atoms with E-state index < -0.39 is 17.6 Å². The minimum absolute atomic E-state index is 0.108. The van der Waals surface area contributed by atoms with Crippen molar-refractivity contribution in [3.63, 3.8) is 0 Å². The SMILES string of the molecule is COC(=O)c1ncn(-c2cccc(F)c2C(C)=O)n1. The van der Waals surface area contributed by atoms with Crippen molar-refractivity contribution in [1.29, 1.82) is 0 Å². The Hall–Kier alpha value is -2.57. The normalized spacial score (nSPS) is 10.3. The van der Waals surface area contributed by atoms with Gasteiger partial charge in [-0.05, 0) is 19.1 Å². The molecule has 2 aromatic rings. The predicted octanol–water partition coefficient (Wildman–Crippen LogP) is 1.40. The zero-order chi connectivity index (χ0) is 14.0.